The SMILES string of the molecule is CCN(CC)C(=O)CNCC1(CC)CCC1. The molecule has 0 aromatic rings. The van der Waals surface area contributed by atoms with E-state index in [1.165, 1.54) is 25.7 Å². The molecule has 1 amide bonds. The molecule has 1 saturated carbocycles. The monoisotopic (exact) mass is 226 g/mol. The molecule has 3 heteroatoms. The van der Waals surface area contributed by atoms with Crippen LogP contribution in [-0.4, -0.2) is 37.0 Å². The van der Waals surface area contributed by atoms with Gasteiger partial charge in [-0.05, 0) is 38.5 Å². The van der Waals surface area contributed by atoms with E-state index < -0.39 is 0 Å². The average molecular weight is 226 g/mol. The summed E-state index contributed by atoms with van der Waals surface area (Å²) in [6, 6.07) is 0. The van der Waals surface area contributed by atoms with Crippen molar-refractivity contribution >= 4 is 5.91 Å². The van der Waals surface area contributed by atoms with Gasteiger partial charge in [0.25, 0.3) is 0 Å². The van der Waals surface area contributed by atoms with Crippen LogP contribution in [0.25, 0.3) is 0 Å². The summed E-state index contributed by atoms with van der Waals surface area (Å²) < 4.78 is 0. The standard InChI is InChI=1S/C13H26N2O/c1-4-13(8-7-9-13)11-14-10-12(16)15(5-2)6-3/h14H,4-11H2,1-3H3. The van der Waals surface area contributed by atoms with Crippen molar-refractivity contribution in [2.45, 2.75) is 46.5 Å². The van der Waals surface area contributed by atoms with Crippen LogP contribution in [-0.2, 0) is 4.79 Å². The van der Waals surface area contributed by atoms with E-state index >= 15 is 0 Å². The molecule has 0 heterocycles. The molecule has 0 unspecified atom stereocenters. The summed E-state index contributed by atoms with van der Waals surface area (Å²) in [6.45, 7) is 9.46. The van der Waals surface area contributed by atoms with E-state index in [0.29, 0.717) is 12.0 Å². The van der Waals surface area contributed by atoms with Crippen LogP contribution in [0.5, 0.6) is 0 Å². The Hall–Kier alpha value is -0.570. The number of hydrogen-bond donors (Lipinski definition) is 1. The predicted molar refractivity (Wildman–Crippen MR) is 67.4 cm³/mol. The first-order valence-corrected chi connectivity index (χ1v) is 6.66. The van der Waals surface area contributed by atoms with Crippen molar-refractivity contribution in [3.63, 3.8) is 0 Å². The maximum atomic E-state index is 11.7. The largest absolute Gasteiger partial charge is 0.342 e. The minimum absolute atomic E-state index is 0.232. The van der Waals surface area contributed by atoms with E-state index in [2.05, 4.69) is 12.2 Å². The summed E-state index contributed by atoms with van der Waals surface area (Å²) in [4.78, 5) is 13.6. The lowest BCUT2D eigenvalue weighted by Gasteiger charge is -2.41. The maximum absolute atomic E-state index is 11.7. The smallest absolute Gasteiger partial charge is 0.236 e. The second-order valence-electron chi connectivity index (χ2n) is 4.88. The zero-order valence-corrected chi connectivity index (χ0v) is 11.0. The molecule has 3 nitrogen and oxygen atoms in total. The van der Waals surface area contributed by atoms with E-state index in [4.69, 9.17) is 0 Å². The van der Waals surface area contributed by atoms with Crippen LogP contribution in [0.2, 0.25) is 0 Å². The Kier molecular flexibility index (Phi) is 5.26. The van der Waals surface area contributed by atoms with Crippen molar-refractivity contribution in [2.24, 2.45) is 5.41 Å². The van der Waals surface area contributed by atoms with Crippen molar-refractivity contribution in [2.75, 3.05) is 26.2 Å². The molecular formula is C13H26N2O. The zero-order valence-electron chi connectivity index (χ0n) is 11.0. The Morgan fingerprint density at radius 1 is 1.25 bits per heavy atom. The lowest BCUT2D eigenvalue weighted by atomic mass is 9.67. The van der Waals surface area contributed by atoms with Gasteiger partial charge in [-0.1, -0.05) is 13.3 Å². The van der Waals surface area contributed by atoms with E-state index in [1.54, 1.807) is 0 Å². The predicted octanol–water partition coefficient (Wildman–Crippen LogP) is 2.02. The number of likely N-dealkylation sites (N-methyl/N-ethyl adjacent to an activating group) is 1. The Balaban J connectivity index is 2.21. The van der Waals surface area contributed by atoms with Crippen molar-refractivity contribution < 1.29 is 4.79 Å². The first-order chi connectivity index (χ1) is 7.67. The summed E-state index contributed by atoms with van der Waals surface area (Å²) >= 11 is 0. The fraction of sp³-hybridized carbons (Fsp3) is 0.923. The molecule has 94 valence electrons. The topological polar surface area (TPSA) is 32.3 Å². The van der Waals surface area contributed by atoms with E-state index in [9.17, 15) is 4.79 Å². The van der Waals surface area contributed by atoms with Gasteiger partial charge in [0.05, 0.1) is 6.54 Å². The van der Waals surface area contributed by atoms with Crippen molar-refractivity contribution in [3.8, 4) is 0 Å². The number of nitrogens with one attached hydrogen (secondary N) is 1. The Morgan fingerprint density at radius 2 is 1.88 bits per heavy atom. The number of nitrogens with zero attached hydrogens (tertiary/aromatic N) is 1. The lowest BCUT2D eigenvalue weighted by Crippen LogP contribution is -2.44. The summed E-state index contributed by atoms with van der Waals surface area (Å²) in [5.41, 5.74) is 0.504. The molecule has 0 aliphatic heterocycles. The van der Waals surface area contributed by atoms with Crippen LogP contribution in [0.15, 0.2) is 0 Å². The highest BCUT2D eigenvalue weighted by atomic mass is 16.2. The zero-order chi connectivity index (χ0) is 12.0. The van der Waals surface area contributed by atoms with Crippen LogP contribution in [0.4, 0.5) is 0 Å². The number of hydrogen-bond acceptors (Lipinski definition) is 2. The van der Waals surface area contributed by atoms with Crippen molar-refractivity contribution in [1.82, 2.24) is 10.2 Å². The lowest BCUT2D eigenvalue weighted by molar-refractivity contribution is -0.130. The molecule has 1 aliphatic rings. The highest BCUT2D eigenvalue weighted by molar-refractivity contribution is 5.78. The Bertz CT molecular complexity index is 214. The van der Waals surface area contributed by atoms with Gasteiger partial charge in [-0.2, -0.15) is 0 Å². The van der Waals surface area contributed by atoms with Gasteiger partial charge in [0.15, 0.2) is 0 Å². The number of amides is 1. The molecule has 1 aliphatic carbocycles. The van der Waals surface area contributed by atoms with Gasteiger partial charge >= 0.3 is 0 Å². The Labute approximate surface area is 99.6 Å². The van der Waals surface area contributed by atoms with Gasteiger partial charge in [-0.3, -0.25) is 4.79 Å². The van der Waals surface area contributed by atoms with Gasteiger partial charge in [0, 0.05) is 19.6 Å². The molecule has 0 aromatic carbocycles. The molecule has 0 radical (unpaired) electrons. The van der Waals surface area contributed by atoms with Gasteiger partial charge < -0.3 is 10.2 Å². The van der Waals surface area contributed by atoms with Crippen LogP contribution >= 0.6 is 0 Å². The second kappa shape index (κ2) is 6.24. The van der Waals surface area contributed by atoms with Gasteiger partial charge in [0.1, 0.15) is 0 Å². The number of rotatable bonds is 7. The molecule has 0 saturated heterocycles. The summed E-state index contributed by atoms with van der Waals surface area (Å²) in [6.07, 6.45) is 5.25. The molecule has 0 spiro atoms. The Morgan fingerprint density at radius 3 is 2.25 bits per heavy atom. The molecular weight excluding hydrogens is 200 g/mol. The average Bonchev–Trinajstić information content (AvgIpc) is 2.24. The second-order valence-corrected chi connectivity index (χ2v) is 4.88. The van der Waals surface area contributed by atoms with E-state index in [0.717, 1.165) is 19.6 Å². The summed E-state index contributed by atoms with van der Waals surface area (Å²) in [5, 5.41) is 3.34. The van der Waals surface area contributed by atoms with Gasteiger partial charge in [0.2, 0.25) is 5.91 Å². The number of carbonyl (C=O) groups is 1. The third-order valence-corrected chi connectivity index (χ3v) is 4.06. The van der Waals surface area contributed by atoms with Gasteiger partial charge in [-0.15, -0.1) is 0 Å². The molecule has 0 bridgehead atoms. The summed E-state index contributed by atoms with van der Waals surface area (Å²) in [7, 11) is 0. The molecule has 0 aromatic heterocycles. The van der Waals surface area contributed by atoms with Crippen molar-refractivity contribution in [1.29, 1.82) is 0 Å². The quantitative estimate of drug-likeness (QED) is 0.720. The molecule has 0 atom stereocenters. The van der Waals surface area contributed by atoms with Crippen LogP contribution in [0.1, 0.15) is 46.5 Å². The van der Waals surface area contributed by atoms with Crippen LogP contribution in [0.3, 0.4) is 0 Å². The highest BCUT2D eigenvalue weighted by Crippen LogP contribution is 2.42. The highest BCUT2D eigenvalue weighted by Gasteiger charge is 2.34. The normalized spacial score (nSPS) is 17.9. The van der Waals surface area contributed by atoms with Gasteiger partial charge in [-0.25, -0.2) is 0 Å². The molecule has 1 N–H and O–H groups in total. The molecule has 1 rings (SSSR count). The minimum atomic E-state index is 0.232. The molecule has 1 fully saturated rings. The van der Waals surface area contributed by atoms with E-state index in [1.807, 2.05) is 18.7 Å². The van der Waals surface area contributed by atoms with Crippen LogP contribution < -0.4 is 5.32 Å². The fourth-order valence-electron chi connectivity index (χ4n) is 2.45. The third-order valence-electron chi connectivity index (χ3n) is 4.06. The van der Waals surface area contributed by atoms with E-state index in [-0.39, 0.29) is 5.91 Å². The molecule has 16 heavy (non-hydrogen) atoms. The first-order valence-electron chi connectivity index (χ1n) is 6.66. The number of carbonyl (C=O) groups excluding carboxylic acids is 1. The minimum Gasteiger partial charge on any atom is -0.342 e. The first kappa shape index (κ1) is 13.5. The van der Waals surface area contributed by atoms with Crippen molar-refractivity contribution in [3.05, 3.63) is 0 Å². The third kappa shape index (κ3) is 3.21. The maximum Gasteiger partial charge on any atom is 0.236 e. The summed E-state index contributed by atoms with van der Waals surface area (Å²) in [5.74, 6) is 0.232. The fourth-order valence-corrected chi connectivity index (χ4v) is 2.45. The van der Waals surface area contributed by atoms with Crippen LogP contribution in [0, 0.1) is 5.41 Å².